The Bertz CT molecular complexity index is 859. The van der Waals surface area contributed by atoms with Gasteiger partial charge in [-0.3, -0.25) is 9.97 Å². The second kappa shape index (κ2) is 9.56. The maximum absolute atomic E-state index is 5.81. The van der Waals surface area contributed by atoms with Crippen LogP contribution in [0.25, 0.3) is 11.3 Å². The van der Waals surface area contributed by atoms with E-state index in [0.29, 0.717) is 18.6 Å². The van der Waals surface area contributed by atoms with Crippen molar-refractivity contribution < 1.29 is 9.47 Å². The second-order valence-electron chi connectivity index (χ2n) is 10.3. The van der Waals surface area contributed by atoms with Crippen molar-refractivity contribution in [3.63, 3.8) is 0 Å². The summed E-state index contributed by atoms with van der Waals surface area (Å²) in [7, 11) is 0. The molecule has 0 atom stereocenters. The third-order valence-electron chi connectivity index (χ3n) is 6.05. The van der Waals surface area contributed by atoms with Crippen LogP contribution in [-0.2, 0) is 11.2 Å². The van der Waals surface area contributed by atoms with Gasteiger partial charge >= 0.3 is 0 Å². The Kier molecular flexibility index (Phi) is 7.25. The lowest BCUT2D eigenvalue weighted by Crippen LogP contribution is -2.38. The molecule has 0 amide bonds. The van der Waals surface area contributed by atoms with Gasteiger partial charge in [-0.25, -0.2) is 0 Å². The number of hydrogen-bond acceptors (Lipinski definition) is 5. The first-order chi connectivity index (χ1) is 14.6. The van der Waals surface area contributed by atoms with Crippen LogP contribution in [-0.4, -0.2) is 41.9 Å². The Labute approximate surface area is 188 Å². The summed E-state index contributed by atoms with van der Waals surface area (Å²) in [6.07, 6.45) is 7.17. The Morgan fingerprint density at radius 2 is 1.74 bits per heavy atom. The van der Waals surface area contributed by atoms with Crippen molar-refractivity contribution in [2.45, 2.75) is 73.3 Å². The molecule has 2 aromatic rings. The van der Waals surface area contributed by atoms with Gasteiger partial charge in [0.05, 0.1) is 29.8 Å². The van der Waals surface area contributed by atoms with Crippen LogP contribution < -0.4 is 9.64 Å². The van der Waals surface area contributed by atoms with E-state index >= 15 is 0 Å². The first kappa shape index (κ1) is 23.5. The molecule has 1 saturated heterocycles. The molecule has 3 rings (SSSR count). The predicted molar refractivity (Wildman–Crippen MR) is 128 cm³/mol. The monoisotopic (exact) mass is 425 g/mol. The lowest BCUT2D eigenvalue weighted by molar-refractivity contribution is -0.0163. The SMILES string of the molecule is CCc1c(C)ncc(-c2ccc(OCCOC(C)(C)C)cn2)c1N1CCC(C)(C)CC1. The number of anilines is 1. The van der Waals surface area contributed by atoms with Crippen molar-refractivity contribution in [3.05, 3.63) is 35.8 Å². The summed E-state index contributed by atoms with van der Waals surface area (Å²) in [5.74, 6) is 0.762. The van der Waals surface area contributed by atoms with Gasteiger partial charge in [-0.1, -0.05) is 20.8 Å². The minimum Gasteiger partial charge on any atom is -0.490 e. The highest BCUT2D eigenvalue weighted by Gasteiger charge is 2.28. The van der Waals surface area contributed by atoms with Crippen LogP contribution in [0.5, 0.6) is 5.75 Å². The number of rotatable bonds is 7. The van der Waals surface area contributed by atoms with Crippen LogP contribution in [0, 0.1) is 12.3 Å². The van der Waals surface area contributed by atoms with Crippen molar-refractivity contribution in [1.82, 2.24) is 9.97 Å². The lowest BCUT2D eigenvalue weighted by atomic mass is 9.82. The smallest absolute Gasteiger partial charge is 0.137 e. The minimum atomic E-state index is -0.152. The topological polar surface area (TPSA) is 47.5 Å². The van der Waals surface area contributed by atoms with Crippen LogP contribution in [0.15, 0.2) is 24.5 Å². The van der Waals surface area contributed by atoms with Gasteiger partial charge in [-0.2, -0.15) is 0 Å². The summed E-state index contributed by atoms with van der Waals surface area (Å²) < 4.78 is 11.5. The summed E-state index contributed by atoms with van der Waals surface area (Å²) >= 11 is 0. The summed E-state index contributed by atoms with van der Waals surface area (Å²) in [6.45, 7) is 18.4. The van der Waals surface area contributed by atoms with Crippen molar-refractivity contribution in [2.75, 3.05) is 31.2 Å². The molecule has 0 aromatic carbocycles. The summed E-state index contributed by atoms with van der Waals surface area (Å²) in [6, 6.07) is 4.04. The Morgan fingerprint density at radius 1 is 1.03 bits per heavy atom. The minimum absolute atomic E-state index is 0.152. The van der Waals surface area contributed by atoms with Crippen molar-refractivity contribution in [3.8, 4) is 17.0 Å². The van der Waals surface area contributed by atoms with Gasteiger partial charge in [0, 0.05) is 30.5 Å². The first-order valence-electron chi connectivity index (χ1n) is 11.6. The van der Waals surface area contributed by atoms with E-state index in [1.54, 1.807) is 6.20 Å². The molecule has 0 aliphatic carbocycles. The maximum atomic E-state index is 5.81. The molecular formula is C26H39N3O2. The zero-order valence-corrected chi connectivity index (χ0v) is 20.4. The van der Waals surface area contributed by atoms with Crippen molar-refractivity contribution >= 4 is 5.69 Å². The summed E-state index contributed by atoms with van der Waals surface area (Å²) in [4.78, 5) is 12.0. The van der Waals surface area contributed by atoms with Gasteiger partial charge in [-0.05, 0) is 70.1 Å². The highest BCUT2D eigenvalue weighted by molar-refractivity contribution is 5.79. The second-order valence-corrected chi connectivity index (χ2v) is 10.3. The molecule has 3 heterocycles. The highest BCUT2D eigenvalue weighted by Crippen LogP contribution is 2.39. The van der Waals surface area contributed by atoms with E-state index in [2.05, 4.69) is 32.6 Å². The average Bonchev–Trinajstić information content (AvgIpc) is 2.71. The molecule has 5 nitrogen and oxygen atoms in total. The van der Waals surface area contributed by atoms with Crippen molar-refractivity contribution in [2.24, 2.45) is 5.41 Å². The van der Waals surface area contributed by atoms with E-state index in [9.17, 15) is 0 Å². The van der Waals surface area contributed by atoms with Crippen LogP contribution in [0.3, 0.4) is 0 Å². The fourth-order valence-electron chi connectivity index (χ4n) is 4.07. The summed E-state index contributed by atoms with van der Waals surface area (Å²) in [5.41, 5.74) is 6.08. The quantitative estimate of drug-likeness (QED) is 0.522. The number of aromatic nitrogens is 2. The van der Waals surface area contributed by atoms with E-state index < -0.39 is 0 Å². The fourth-order valence-corrected chi connectivity index (χ4v) is 4.07. The predicted octanol–water partition coefficient (Wildman–Crippen LogP) is 5.83. The summed E-state index contributed by atoms with van der Waals surface area (Å²) in [5, 5.41) is 0. The van der Waals surface area contributed by atoms with E-state index in [-0.39, 0.29) is 5.60 Å². The molecule has 0 saturated carbocycles. The number of hydrogen-bond donors (Lipinski definition) is 0. The molecule has 0 N–H and O–H groups in total. The molecule has 0 radical (unpaired) electrons. The standard InChI is InChI=1S/C26H39N3O2/c1-8-21-19(2)27-18-22(24(21)29-13-11-26(6,7)12-14-29)23-10-9-20(17-28-23)30-15-16-31-25(3,4)5/h9-10,17-18H,8,11-16H2,1-7H3. The molecule has 1 aliphatic heterocycles. The Hall–Kier alpha value is -2.14. The van der Waals surface area contributed by atoms with Gasteiger partial charge in [-0.15, -0.1) is 0 Å². The third kappa shape index (κ3) is 6.19. The Balaban J connectivity index is 1.80. The van der Waals surface area contributed by atoms with Gasteiger partial charge in [0.15, 0.2) is 0 Å². The van der Waals surface area contributed by atoms with E-state index in [1.807, 2.05) is 39.1 Å². The van der Waals surface area contributed by atoms with Crippen molar-refractivity contribution in [1.29, 1.82) is 0 Å². The molecule has 2 aromatic heterocycles. The largest absolute Gasteiger partial charge is 0.490 e. The molecule has 0 bridgehead atoms. The number of nitrogens with zero attached hydrogens (tertiary/aromatic N) is 3. The highest BCUT2D eigenvalue weighted by atomic mass is 16.5. The van der Waals surface area contributed by atoms with Crippen LogP contribution >= 0.6 is 0 Å². The maximum Gasteiger partial charge on any atom is 0.137 e. The molecule has 5 heteroatoms. The van der Waals surface area contributed by atoms with Gasteiger partial charge in [0.2, 0.25) is 0 Å². The fraction of sp³-hybridized carbons (Fsp3) is 0.615. The van der Waals surface area contributed by atoms with E-state index in [1.165, 1.54) is 24.1 Å². The first-order valence-corrected chi connectivity index (χ1v) is 11.6. The van der Waals surface area contributed by atoms with Gasteiger partial charge < -0.3 is 14.4 Å². The Morgan fingerprint density at radius 3 is 2.32 bits per heavy atom. The van der Waals surface area contributed by atoms with Gasteiger partial charge in [0.1, 0.15) is 12.4 Å². The molecule has 1 aliphatic rings. The molecule has 0 unspecified atom stereocenters. The normalized spacial score (nSPS) is 16.4. The van der Waals surface area contributed by atoms with Crippen LogP contribution in [0.1, 0.15) is 65.6 Å². The molecule has 31 heavy (non-hydrogen) atoms. The van der Waals surface area contributed by atoms with E-state index in [0.717, 1.165) is 42.2 Å². The number of pyridine rings is 2. The van der Waals surface area contributed by atoms with Crippen LogP contribution in [0.4, 0.5) is 5.69 Å². The van der Waals surface area contributed by atoms with Crippen LogP contribution in [0.2, 0.25) is 0 Å². The molecule has 0 spiro atoms. The lowest BCUT2D eigenvalue weighted by Gasteiger charge is -2.40. The zero-order chi connectivity index (χ0) is 22.6. The van der Waals surface area contributed by atoms with Gasteiger partial charge in [0.25, 0.3) is 0 Å². The number of aryl methyl sites for hydroxylation is 1. The zero-order valence-electron chi connectivity index (χ0n) is 20.4. The average molecular weight is 426 g/mol. The number of piperidine rings is 1. The van der Waals surface area contributed by atoms with E-state index in [4.69, 9.17) is 19.4 Å². The molecular weight excluding hydrogens is 386 g/mol. The molecule has 1 fully saturated rings. The molecule has 170 valence electrons. The number of ether oxygens (including phenoxy) is 2. The third-order valence-corrected chi connectivity index (χ3v) is 6.05.